The zero-order valence-corrected chi connectivity index (χ0v) is 23.4. The second-order valence-corrected chi connectivity index (χ2v) is 8.98. The number of amides is 1. The molecule has 9 nitrogen and oxygen atoms in total. The van der Waals surface area contributed by atoms with Crippen LogP contribution in [-0.2, 0) is 11.3 Å². The number of benzene rings is 2. The summed E-state index contributed by atoms with van der Waals surface area (Å²) in [6, 6.07) is 9.40. The minimum atomic E-state index is -0.184. The summed E-state index contributed by atoms with van der Waals surface area (Å²) in [5, 5.41) is 0.618. The number of hydrogen-bond acceptors (Lipinski definition) is 8. The van der Waals surface area contributed by atoms with E-state index in [2.05, 4.69) is 4.98 Å². The Morgan fingerprint density at radius 3 is 2.50 bits per heavy atom. The molecule has 2 heterocycles. The molecule has 0 saturated heterocycles. The van der Waals surface area contributed by atoms with Gasteiger partial charge in [0.2, 0.25) is 5.75 Å². The molecule has 0 radical (unpaired) electrons. The number of ether oxygens (including phenoxy) is 4. The molecule has 11 heteroatoms. The second kappa shape index (κ2) is 13.7. The van der Waals surface area contributed by atoms with Crippen LogP contribution in [0.5, 0.6) is 23.0 Å². The van der Waals surface area contributed by atoms with Crippen molar-refractivity contribution in [1.29, 1.82) is 0 Å². The summed E-state index contributed by atoms with van der Waals surface area (Å²) in [4.78, 5) is 24.1. The van der Waals surface area contributed by atoms with Crippen LogP contribution >= 0.6 is 23.7 Å². The van der Waals surface area contributed by atoms with Crippen molar-refractivity contribution in [1.82, 2.24) is 14.5 Å². The van der Waals surface area contributed by atoms with E-state index in [4.69, 9.17) is 23.9 Å². The number of methoxy groups -OCH3 is 3. The lowest BCUT2D eigenvalue weighted by molar-refractivity contribution is -0.114. The van der Waals surface area contributed by atoms with Crippen LogP contribution in [0.25, 0.3) is 16.3 Å². The monoisotopic (exact) mass is 558 g/mol. The minimum Gasteiger partial charge on any atom is -0.493 e. The Hall–Kier alpha value is -3.76. The highest BCUT2D eigenvalue weighted by molar-refractivity contribution is 7.22. The summed E-state index contributed by atoms with van der Waals surface area (Å²) in [6.45, 7) is 3.69. The van der Waals surface area contributed by atoms with E-state index in [1.165, 1.54) is 17.4 Å². The number of rotatable bonds is 12. The molecule has 2 aromatic carbocycles. The Morgan fingerprint density at radius 2 is 1.87 bits per heavy atom. The van der Waals surface area contributed by atoms with Gasteiger partial charge in [-0.1, -0.05) is 17.4 Å². The molecule has 0 unspecified atom stereocenters. The second-order valence-electron chi connectivity index (χ2n) is 7.97. The normalized spacial score (nSPS) is 10.8. The SMILES string of the molecule is CCOc1cccc2sc(N(CCCn3ccnc3)C(=O)/C=C/c3cc(OC)c(OC)c(OC)c3)nc12.Cl. The van der Waals surface area contributed by atoms with Gasteiger partial charge in [0, 0.05) is 31.6 Å². The zero-order chi connectivity index (χ0) is 26.2. The summed E-state index contributed by atoms with van der Waals surface area (Å²) in [7, 11) is 4.67. The fourth-order valence-electron chi connectivity index (χ4n) is 3.88. The molecular formula is C27H31ClN4O5S. The lowest BCUT2D eigenvalue weighted by Gasteiger charge is -2.18. The number of aromatic nitrogens is 3. The van der Waals surface area contributed by atoms with E-state index in [0.29, 0.717) is 41.3 Å². The molecule has 0 aliphatic rings. The number of carbonyl (C=O) groups excluding carboxylic acids is 1. The van der Waals surface area contributed by atoms with Gasteiger partial charge in [-0.3, -0.25) is 9.69 Å². The van der Waals surface area contributed by atoms with E-state index >= 15 is 0 Å². The van der Waals surface area contributed by atoms with Crippen molar-refractivity contribution in [3.63, 3.8) is 0 Å². The molecule has 38 heavy (non-hydrogen) atoms. The predicted molar refractivity (Wildman–Crippen MR) is 152 cm³/mol. The molecule has 0 aliphatic carbocycles. The molecule has 0 bridgehead atoms. The largest absolute Gasteiger partial charge is 0.493 e. The number of aryl methyl sites for hydroxylation is 1. The first-order valence-corrected chi connectivity index (χ1v) is 12.7. The van der Waals surface area contributed by atoms with Gasteiger partial charge in [-0.15, -0.1) is 12.4 Å². The Morgan fingerprint density at radius 1 is 1.11 bits per heavy atom. The number of nitrogens with zero attached hydrogens (tertiary/aromatic N) is 4. The number of halogens is 1. The van der Waals surface area contributed by atoms with Gasteiger partial charge in [0.25, 0.3) is 5.91 Å². The quantitative estimate of drug-likeness (QED) is 0.213. The fraction of sp³-hybridized carbons (Fsp3) is 0.296. The highest BCUT2D eigenvalue weighted by atomic mass is 35.5. The van der Waals surface area contributed by atoms with Gasteiger partial charge in [-0.05, 0) is 49.2 Å². The van der Waals surface area contributed by atoms with E-state index in [1.807, 2.05) is 35.9 Å². The van der Waals surface area contributed by atoms with Crippen LogP contribution in [0.2, 0.25) is 0 Å². The van der Waals surface area contributed by atoms with Gasteiger partial charge < -0.3 is 23.5 Å². The van der Waals surface area contributed by atoms with Gasteiger partial charge >= 0.3 is 0 Å². The van der Waals surface area contributed by atoms with E-state index in [-0.39, 0.29) is 18.3 Å². The average Bonchev–Trinajstić information content (AvgIpc) is 3.59. The maximum absolute atomic E-state index is 13.5. The molecule has 0 spiro atoms. The smallest absolute Gasteiger partial charge is 0.252 e. The average molecular weight is 559 g/mol. The molecule has 2 aromatic heterocycles. The molecule has 0 saturated carbocycles. The van der Waals surface area contributed by atoms with Crippen molar-refractivity contribution in [3.8, 4) is 23.0 Å². The van der Waals surface area contributed by atoms with Crippen molar-refractivity contribution in [2.45, 2.75) is 19.9 Å². The first kappa shape index (κ1) is 28.8. The lowest BCUT2D eigenvalue weighted by Crippen LogP contribution is -2.30. The van der Waals surface area contributed by atoms with Crippen molar-refractivity contribution in [3.05, 3.63) is 60.7 Å². The topological polar surface area (TPSA) is 87.9 Å². The van der Waals surface area contributed by atoms with E-state index in [1.54, 1.807) is 57.0 Å². The Balaban J connectivity index is 0.00000400. The Bertz CT molecular complexity index is 1350. The van der Waals surface area contributed by atoms with Crippen LogP contribution in [0.15, 0.2) is 55.1 Å². The standard InChI is InChI=1S/C27H30N4O5S.ClH/c1-5-36-20-8-6-9-23-25(20)29-27(37-23)31(14-7-13-30-15-12-28-18-30)24(32)11-10-19-16-21(33-2)26(35-4)22(17-19)34-3;/h6,8-12,15-18H,5,7,13-14H2,1-4H3;1H/b11-10+;. The van der Waals surface area contributed by atoms with E-state index in [9.17, 15) is 4.79 Å². The molecule has 4 rings (SSSR count). The van der Waals surface area contributed by atoms with Crippen LogP contribution in [0, 0.1) is 0 Å². The highest BCUT2D eigenvalue weighted by Gasteiger charge is 2.20. The van der Waals surface area contributed by atoms with Gasteiger partial charge in [0.05, 0.1) is 39.0 Å². The lowest BCUT2D eigenvalue weighted by atomic mass is 10.1. The molecule has 1 amide bonds. The predicted octanol–water partition coefficient (Wildman–Crippen LogP) is 5.48. The number of thiazole rings is 1. The maximum Gasteiger partial charge on any atom is 0.252 e. The fourth-order valence-corrected chi connectivity index (χ4v) is 4.90. The van der Waals surface area contributed by atoms with Gasteiger partial charge in [0.15, 0.2) is 16.6 Å². The number of para-hydroxylation sites is 1. The number of anilines is 1. The number of fused-ring (bicyclic) bond motifs is 1. The Labute approximate surface area is 232 Å². The number of carbonyl (C=O) groups is 1. The summed E-state index contributed by atoms with van der Waals surface area (Å²) >= 11 is 1.46. The van der Waals surface area contributed by atoms with Crippen LogP contribution in [-0.4, -0.2) is 54.9 Å². The molecule has 0 aliphatic heterocycles. The van der Waals surface area contributed by atoms with Crippen molar-refractivity contribution in [2.75, 3.05) is 39.4 Å². The number of imidazole rings is 1. The third kappa shape index (κ3) is 6.56. The van der Waals surface area contributed by atoms with Crippen molar-refractivity contribution < 1.29 is 23.7 Å². The van der Waals surface area contributed by atoms with Crippen LogP contribution in [0.1, 0.15) is 18.9 Å². The number of hydrogen-bond donors (Lipinski definition) is 0. The van der Waals surface area contributed by atoms with Crippen LogP contribution in [0.3, 0.4) is 0 Å². The molecule has 0 fully saturated rings. The molecule has 202 valence electrons. The summed E-state index contributed by atoms with van der Waals surface area (Å²) in [5.74, 6) is 2.05. The Kier molecular flexibility index (Phi) is 10.4. The first-order valence-electron chi connectivity index (χ1n) is 11.9. The van der Waals surface area contributed by atoms with Crippen LogP contribution < -0.4 is 23.8 Å². The highest BCUT2D eigenvalue weighted by Crippen LogP contribution is 2.39. The zero-order valence-electron chi connectivity index (χ0n) is 21.7. The van der Waals surface area contributed by atoms with Crippen LogP contribution in [0.4, 0.5) is 5.13 Å². The van der Waals surface area contributed by atoms with Gasteiger partial charge in [0.1, 0.15) is 11.3 Å². The van der Waals surface area contributed by atoms with Gasteiger partial charge in [-0.2, -0.15) is 0 Å². The van der Waals surface area contributed by atoms with E-state index < -0.39 is 0 Å². The third-order valence-corrected chi connectivity index (χ3v) is 6.67. The van der Waals surface area contributed by atoms with E-state index in [0.717, 1.165) is 28.7 Å². The molecule has 4 aromatic rings. The maximum atomic E-state index is 13.5. The molecular weight excluding hydrogens is 528 g/mol. The summed E-state index contributed by atoms with van der Waals surface area (Å²) in [6.07, 6.45) is 9.41. The molecule has 0 N–H and O–H groups in total. The first-order chi connectivity index (χ1) is 18.1. The third-order valence-electron chi connectivity index (χ3n) is 5.63. The summed E-state index contributed by atoms with van der Waals surface area (Å²) in [5.41, 5.74) is 1.49. The molecule has 0 atom stereocenters. The summed E-state index contributed by atoms with van der Waals surface area (Å²) < 4.78 is 25.0. The van der Waals surface area contributed by atoms with Crippen molar-refractivity contribution in [2.24, 2.45) is 0 Å². The van der Waals surface area contributed by atoms with Crippen molar-refractivity contribution >= 4 is 51.1 Å². The van der Waals surface area contributed by atoms with Gasteiger partial charge in [-0.25, -0.2) is 9.97 Å². The minimum absolute atomic E-state index is 0.